The van der Waals surface area contributed by atoms with E-state index in [2.05, 4.69) is 174 Å². The predicted molar refractivity (Wildman–Crippen MR) is 190 cm³/mol. The molecule has 5 aromatic rings. The summed E-state index contributed by atoms with van der Waals surface area (Å²) in [6.45, 7) is 15.4. The molecule has 0 saturated carbocycles. The van der Waals surface area contributed by atoms with Gasteiger partial charge >= 0.3 is 0 Å². The summed E-state index contributed by atoms with van der Waals surface area (Å²) in [4.78, 5) is 0. The largest absolute Gasteiger partial charge is 0.309 e. The SMILES string of the molecule is C/C=C(\C)c1ccc(-n2c3c(c4c5ccccc5ccc42)C(C)(C)c2ccccc2-3)cc1.CC\C=C/C=C\C(C)=C/CC. The van der Waals surface area contributed by atoms with E-state index in [1.165, 1.54) is 66.5 Å². The zero-order chi connectivity index (χ0) is 30.6. The molecule has 1 nitrogen and oxygen atoms in total. The molecule has 4 aromatic carbocycles. The Balaban J connectivity index is 0.000000288. The van der Waals surface area contributed by atoms with Gasteiger partial charge < -0.3 is 4.57 Å². The Morgan fingerprint density at radius 1 is 0.791 bits per heavy atom. The number of fused-ring (bicyclic) bond motifs is 7. The Hall–Kier alpha value is -4.36. The van der Waals surface area contributed by atoms with E-state index in [9.17, 15) is 0 Å². The lowest BCUT2D eigenvalue weighted by Crippen LogP contribution is -2.14. The molecule has 0 spiro atoms. The van der Waals surface area contributed by atoms with E-state index in [1.54, 1.807) is 0 Å². The molecule has 0 fully saturated rings. The van der Waals surface area contributed by atoms with Crippen LogP contribution in [0.2, 0.25) is 0 Å². The minimum absolute atomic E-state index is 0.0545. The van der Waals surface area contributed by atoms with Crippen molar-refractivity contribution in [1.29, 1.82) is 0 Å². The van der Waals surface area contributed by atoms with Crippen LogP contribution in [0.3, 0.4) is 0 Å². The monoisotopic (exact) mass is 563 g/mol. The van der Waals surface area contributed by atoms with Gasteiger partial charge in [-0.3, -0.25) is 0 Å². The highest BCUT2D eigenvalue weighted by Gasteiger charge is 2.40. The zero-order valence-electron chi connectivity index (χ0n) is 26.9. The fourth-order valence-corrected chi connectivity index (χ4v) is 6.41. The molecule has 6 rings (SSSR count). The van der Waals surface area contributed by atoms with Crippen molar-refractivity contribution in [1.82, 2.24) is 4.57 Å². The molecule has 0 radical (unpaired) electrons. The lowest BCUT2D eigenvalue weighted by Gasteiger charge is -2.21. The second-order valence-electron chi connectivity index (χ2n) is 12.0. The summed E-state index contributed by atoms with van der Waals surface area (Å²) in [7, 11) is 0. The van der Waals surface area contributed by atoms with Gasteiger partial charge in [0, 0.05) is 22.1 Å². The summed E-state index contributed by atoms with van der Waals surface area (Å²) in [5, 5.41) is 4.01. The molecule has 1 aromatic heterocycles. The summed E-state index contributed by atoms with van der Waals surface area (Å²) >= 11 is 0. The normalized spacial score (nSPS) is 14.4. The van der Waals surface area contributed by atoms with Crippen LogP contribution in [-0.2, 0) is 5.41 Å². The minimum atomic E-state index is -0.0545. The molecule has 0 aliphatic heterocycles. The molecule has 0 unspecified atom stereocenters. The standard InChI is InChI=1S/C31H27N.C11H18/c1-5-20(2)21-14-17-23(18-15-21)32-27-19-16-22-10-6-7-11-24(22)28(27)29-30(32)25-12-8-9-13-26(25)31(29,3)4;1-4-6-7-8-10-11(3)9-5-2/h5-19H,1-4H3;6-10H,4-5H2,1-3H3/b20-5+;7-6-,10-8-,11-9-. The van der Waals surface area contributed by atoms with Crippen LogP contribution < -0.4 is 0 Å². The maximum atomic E-state index is 2.49. The average Bonchev–Trinajstić information content (AvgIpc) is 3.50. The molecule has 1 heteroatoms. The molecule has 1 aliphatic carbocycles. The van der Waals surface area contributed by atoms with E-state index in [4.69, 9.17) is 0 Å². The van der Waals surface area contributed by atoms with Gasteiger partial charge in [0.05, 0.1) is 11.2 Å². The first-order valence-electron chi connectivity index (χ1n) is 15.7. The van der Waals surface area contributed by atoms with Crippen LogP contribution in [0.15, 0.2) is 127 Å². The Bertz CT molecular complexity index is 1870. The third kappa shape index (κ3) is 5.69. The van der Waals surface area contributed by atoms with Crippen molar-refractivity contribution >= 4 is 27.2 Å². The van der Waals surface area contributed by atoms with Gasteiger partial charge in [-0.15, -0.1) is 0 Å². The number of hydrogen-bond acceptors (Lipinski definition) is 0. The van der Waals surface area contributed by atoms with Gasteiger partial charge in [-0.25, -0.2) is 0 Å². The van der Waals surface area contributed by atoms with Gasteiger partial charge in [0.2, 0.25) is 0 Å². The fraction of sp³-hybridized carbons (Fsp3) is 0.238. The predicted octanol–water partition coefficient (Wildman–Crippen LogP) is 12.4. The van der Waals surface area contributed by atoms with Crippen LogP contribution in [0.25, 0.3) is 44.2 Å². The maximum absolute atomic E-state index is 2.49. The number of hydrogen-bond donors (Lipinski definition) is 0. The van der Waals surface area contributed by atoms with E-state index < -0.39 is 0 Å². The smallest absolute Gasteiger partial charge is 0.0585 e. The second kappa shape index (κ2) is 12.9. The van der Waals surface area contributed by atoms with E-state index in [0.717, 1.165) is 12.8 Å². The third-order valence-electron chi connectivity index (χ3n) is 8.72. The molecule has 0 amide bonds. The zero-order valence-corrected chi connectivity index (χ0v) is 26.9. The van der Waals surface area contributed by atoms with E-state index in [1.807, 2.05) is 0 Å². The van der Waals surface area contributed by atoms with Crippen molar-refractivity contribution < 1.29 is 0 Å². The van der Waals surface area contributed by atoms with Crippen molar-refractivity contribution in [3.05, 3.63) is 144 Å². The number of nitrogens with zero attached hydrogens (tertiary/aromatic N) is 1. The topological polar surface area (TPSA) is 4.93 Å². The summed E-state index contributed by atoms with van der Waals surface area (Å²) < 4.78 is 2.49. The first-order valence-corrected chi connectivity index (χ1v) is 15.7. The molecule has 0 saturated heterocycles. The molecule has 0 bridgehead atoms. The van der Waals surface area contributed by atoms with Gasteiger partial charge in [0.15, 0.2) is 0 Å². The molecule has 43 heavy (non-hydrogen) atoms. The highest BCUT2D eigenvalue weighted by Crippen LogP contribution is 2.54. The third-order valence-corrected chi connectivity index (χ3v) is 8.72. The van der Waals surface area contributed by atoms with E-state index >= 15 is 0 Å². The lowest BCUT2D eigenvalue weighted by molar-refractivity contribution is 0.666. The minimum Gasteiger partial charge on any atom is -0.309 e. The van der Waals surface area contributed by atoms with Crippen molar-refractivity contribution in [2.24, 2.45) is 0 Å². The van der Waals surface area contributed by atoms with E-state index in [-0.39, 0.29) is 5.41 Å². The first-order chi connectivity index (χ1) is 20.8. The highest BCUT2D eigenvalue weighted by molar-refractivity contribution is 6.13. The second-order valence-corrected chi connectivity index (χ2v) is 12.0. The lowest BCUT2D eigenvalue weighted by atomic mass is 9.81. The number of allylic oxidation sites excluding steroid dienone is 8. The average molecular weight is 564 g/mol. The van der Waals surface area contributed by atoms with Crippen LogP contribution >= 0.6 is 0 Å². The van der Waals surface area contributed by atoms with Gasteiger partial charge in [0.25, 0.3) is 0 Å². The Morgan fingerprint density at radius 2 is 1.51 bits per heavy atom. The number of rotatable bonds is 6. The number of aromatic nitrogens is 1. The fourth-order valence-electron chi connectivity index (χ4n) is 6.41. The quantitative estimate of drug-likeness (QED) is 0.181. The van der Waals surface area contributed by atoms with Crippen LogP contribution in [0.4, 0.5) is 0 Å². The van der Waals surface area contributed by atoms with Gasteiger partial charge in [-0.2, -0.15) is 0 Å². The summed E-state index contributed by atoms with van der Waals surface area (Å²) in [6.07, 6.45) is 15.1. The van der Waals surface area contributed by atoms with Crippen molar-refractivity contribution in [3.8, 4) is 16.9 Å². The Morgan fingerprint density at radius 3 is 2.23 bits per heavy atom. The van der Waals surface area contributed by atoms with Crippen LogP contribution in [0.1, 0.15) is 78.0 Å². The van der Waals surface area contributed by atoms with E-state index in [0.29, 0.717) is 0 Å². The Labute approximate surface area is 258 Å². The Kier molecular flexibility index (Phi) is 9.02. The summed E-state index contributed by atoms with van der Waals surface area (Å²) in [5.74, 6) is 0. The van der Waals surface area contributed by atoms with Gasteiger partial charge in [-0.05, 0) is 84.8 Å². The van der Waals surface area contributed by atoms with Gasteiger partial charge in [0.1, 0.15) is 0 Å². The molecule has 0 atom stereocenters. The molecule has 1 aliphatic rings. The van der Waals surface area contributed by atoms with Crippen molar-refractivity contribution in [2.75, 3.05) is 0 Å². The molecular weight excluding hydrogens is 518 g/mol. The summed E-state index contributed by atoms with van der Waals surface area (Å²) in [5.41, 5.74) is 11.9. The maximum Gasteiger partial charge on any atom is 0.0585 e. The number of benzene rings is 4. The highest BCUT2D eigenvalue weighted by atomic mass is 15.0. The summed E-state index contributed by atoms with van der Waals surface area (Å²) in [6, 6.07) is 31.3. The van der Waals surface area contributed by atoms with Crippen molar-refractivity contribution in [3.63, 3.8) is 0 Å². The molecule has 1 heterocycles. The van der Waals surface area contributed by atoms with Gasteiger partial charge in [-0.1, -0.05) is 136 Å². The molecule has 0 N–H and O–H groups in total. The van der Waals surface area contributed by atoms with Crippen LogP contribution in [-0.4, -0.2) is 4.57 Å². The van der Waals surface area contributed by atoms with Crippen molar-refractivity contribution in [2.45, 2.75) is 66.7 Å². The molecular formula is C42H45N. The molecule has 218 valence electrons. The van der Waals surface area contributed by atoms with Crippen LogP contribution in [0.5, 0.6) is 0 Å². The van der Waals surface area contributed by atoms with Crippen LogP contribution in [0, 0.1) is 0 Å². The first kappa shape index (κ1) is 30.1.